The number of aryl methyl sites for hydroxylation is 3. The number of benzene rings is 1. The number of aromatic nitrogens is 2. The predicted octanol–water partition coefficient (Wildman–Crippen LogP) is 3.49. The lowest BCUT2D eigenvalue weighted by Crippen LogP contribution is -2.45. The zero-order valence-corrected chi connectivity index (χ0v) is 19.1. The molecule has 0 amide bonds. The van der Waals surface area contributed by atoms with Gasteiger partial charge in [-0.05, 0) is 50.2 Å². The molecule has 1 atom stereocenters. The lowest BCUT2D eigenvalue weighted by atomic mass is 9.88. The summed E-state index contributed by atoms with van der Waals surface area (Å²) in [5, 5.41) is 7.05. The van der Waals surface area contributed by atoms with Gasteiger partial charge in [0.05, 0.1) is 5.69 Å². The number of rotatable bonds is 5. The summed E-state index contributed by atoms with van der Waals surface area (Å²) in [5.74, 6) is 2.19. The molecule has 0 radical (unpaired) electrons. The van der Waals surface area contributed by atoms with Gasteiger partial charge in [0.2, 0.25) is 0 Å². The van der Waals surface area contributed by atoms with Crippen LogP contribution in [0.3, 0.4) is 0 Å². The molecule has 1 unspecified atom stereocenters. The summed E-state index contributed by atoms with van der Waals surface area (Å²) in [6.45, 7) is 4.90. The van der Waals surface area contributed by atoms with E-state index in [-0.39, 0.29) is 24.0 Å². The zero-order chi connectivity index (χ0) is 18.5. The molecule has 1 aromatic heterocycles. The molecule has 6 heteroatoms. The lowest BCUT2D eigenvalue weighted by molar-refractivity contribution is 0.520. The van der Waals surface area contributed by atoms with Crippen molar-refractivity contribution in [1.29, 1.82) is 0 Å². The normalized spacial score (nSPS) is 18.6. The Morgan fingerprint density at radius 2 is 2.07 bits per heavy atom. The number of hydrogen-bond donors (Lipinski definition) is 2. The molecule has 0 saturated heterocycles. The van der Waals surface area contributed by atoms with E-state index in [1.807, 2.05) is 0 Å². The maximum atomic E-state index is 4.81. The minimum Gasteiger partial charge on any atom is -0.357 e. The number of nitrogens with zero attached hydrogens (tertiary/aromatic N) is 3. The lowest BCUT2D eigenvalue weighted by Gasteiger charge is -2.27. The molecule has 1 aliphatic carbocycles. The monoisotopic (exact) mass is 493 g/mol. The zero-order valence-electron chi connectivity index (χ0n) is 16.8. The number of imidazole rings is 1. The van der Waals surface area contributed by atoms with Crippen LogP contribution >= 0.6 is 24.0 Å². The predicted molar refractivity (Wildman–Crippen MR) is 126 cm³/mol. The van der Waals surface area contributed by atoms with Crippen molar-refractivity contribution in [1.82, 2.24) is 20.2 Å². The molecular weight excluding hydrogens is 461 g/mol. The van der Waals surface area contributed by atoms with Crippen LogP contribution < -0.4 is 10.6 Å². The van der Waals surface area contributed by atoms with Crippen LogP contribution in [-0.4, -0.2) is 34.6 Å². The Bertz CT molecular complexity index is 774. The van der Waals surface area contributed by atoms with Crippen LogP contribution in [0, 0.1) is 0 Å². The first-order chi connectivity index (χ1) is 13.3. The van der Waals surface area contributed by atoms with Crippen molar-refractivity contribution in [3.05, 3.63) is 53.1 Å². The van der Waals surface area contributed by atoms with E-state index in [0.29, 0.717) is 6.04 Å². The Labute approximate surface area is 185 Å². The van der Waals surface area contributed by atoms with E-state index in [1.54, 1.807) is 0 Å². The van der Waals surface area contributed by atoms with Gasteiger partial charge in [0.25, 0.3) is 0 Å². The molecule has 1 aromatic carbocycles. The molecule has 2 N–H and O–H groups in total. The van der Waals surface area contributed by atoms with Crippen molar-refractivity contribution >= 4 is 29.9 Å². The first kappa shape index (κ1) is 21.1. The second-order valence-corrected chi connectivity index (χ2v) is 7.66. The highest BCUT2D eigenvalue weighted by Gasteiger charge is 2.19. The standard InChI is InChI=1S/C22H31N5.HI/c1-2-23-22(26-19-11-10-17-7-3-4-8-18(17)15-19)24-13-12-20-16-27-14-6-5-9-21(27)25-20;/h3-4,7-8,16,19H,2,5-6,9-15H2,1H3,(H2,23,24,26);1H. The molecule has 2 aromatic rings. The highest BCUT2D eigenvalue weighted by molar-refractivity contribution is 14.0. The number of aliphatic imine (C=N–C) groups is 1. The van der Waals surface area contributed by atoms with Crippen LogP contribution in [0.15, 0.2) is 35.5 Å². The quantitative estimate of drug-likeness (QED) is 0.381. The summed E-state index contributed by atoms with van der Waals surface area (Å²) in [4.78, 5) is 9.60. The molecule has 2 heterocycles. The van der Waals surface area contributed by atoms with E-state index in [2.05, 4.69) is 52.6 Å². The van der Waals surface area contributed by atoms with Gasteiger partial charge in [0, 0.05) is 44.7 Å². The van der Waals surface area contributed by atoms with E-state index in [1.165, 1.54) is 35.5 Å². The average Bonchev–Trinajstić information content (AvgIpc) is 3.11. The fraction of sp³-hybridized carbons (Fsp3) is 0.545. The van der Waals surface area contributed by atoms with Gasteiger partial charge in [0.15, 0.2) is 5.96 Å². The largest absolute Gasteiger partial charge is 0.357 e. The molecule has 0 saturated carbocycles. The number of halogens is 1. The summed E-state index contributed by atoms with van der Waals surface area (Å²) >= 11 is 0. The fourth-order valence-electron chi connectivity index (χ4n) is 4.21. The smallest absolute Gasteiger partial charge is 0.191 e. The summed E-state index contributed by atoms with van der Waals surface area (Å²) < 4.78 is 2.32. The maximum Gasteiger partial charge on any atom is 0.191 e. The molecule has 2 aliphatic rings. The Kier molecular flexibility index (Phi) is 7.76. The molecule has 28 heavy (non-hydrogen) atoms. The minimum atomic E-state index is 0. The first-order valence-electron chi connectivity index (χ1n) is 10.5. The number of guanidine groups is 1. The molecule has 0 bridgehead atoms. The number of fused-ring (bicyclic) bond motifs is 2. The van der Waals surface area contributed by atoms with Gasteiger partial charge in [-0.2, -0.15) is 0 Å². The minimum absolute atomic E-state index is 0. The Hall–Kier alpha value is -1.57. The molecule has 152 valence electrons. The van der Waals surface area contributed by atoms with Crippen LogP contribution in [0.25, 0.3) is 0 Å². The first-order valence-corrected chi connectivity index (χ1v) is 10.5. The maximum absolute atomic E-state index is 4.81. The second-order valence-electron chi connectivity index (χ2n) is 7.66. The average molecular weight is 493 g/mol. The number of nitrogens with one attached hydrogen (secondary N) is 2. The summed E-state index contributed by atoms with van der Waals surface area (Å²) in [7, 11) is 0. The molecule has 0 spiro atoms. The second kappa shape index (κ2) is 10.3. The van der Waals surface area contributed by atoms with Gasteiger partial charge in [-0.15, -0.1) is 24.0 Å². The van der Waals surface area contributed by atoms with E-state index in [4.69, 9.17) is 9.98 Å². The van der Waals surface area contributed by atoms with Crippen molar-refractivity contribution in [2.24, 2.45) is 4.99 Å². The highest BCUT2D eigenvalue weighted by atomic mass is 127. The van der Waals surface area contributed by atoms with E-state index < -0.39 is 0 Å². The number of hydrogen-bond acceptors (Lipinski definition) is 2. The highest BCUT2D eigenvalue weighted by Crippen LogP contribution is 2.21. The third-order valence-corrected chi connectivity index (χ3v) is 5.63. The molecule has 0 fully saturated rings. The van der Waals surface area contributed by atoms with Crippen molar-refractivity contribution in [3.8, 4) is 0 Å². The van der Waals surface area contributed by atoms with Gasteiger partial charge in [0.1, 0.15) is 5.82 Å². The van der Waals surface area contributed by atoms with Crippen molar-refractivity contribution in [2.45, 2.75) is 64.5 Å². The van der Waals surface area contributed by atoms with E-state index in [9.17, 15) is 0 Å². The molecular formula is C22H32IN5. The SMILES string of the molecule is CCNC(=NCCc1cn2c(n1)CCCC2)NC1CCc2ccccc2C1.I. The van der Waals surface area contributed by atoms with Gasteiger partial charge < -0.3 is 15.2 Å². The Balaban J connectivity index is 0.00000225. The molecule has 1 aliphatic heterocycles. The summed E-state index contributed by atoms with van der Waals surface area (Å²) in [5.41, 5.74) is 4.15. The fourth-order valence-corrected chi connectivity index (χ4v) is 4.21. The van der Waals surface area contributed by atoms with Crippen molar-refractivity contribution in [3.63, 3.8) is 0 Å². The van der Waals surface area contributed by atoms with Crippen LogP contribution in [-0.2, 0) is 32.2 Å². The third-order valence-electron chi connectivity index (χ3n) is 5.63. The van der Waals surface area contributed by atoms with Crippen molar-refractivity contribution < 1.29 is 0 Å². The van der Waals surface area contributed by atoms with Crippen LogP contribution in [0.4, 0.5) is 0 Å². The van der Waals surface area contributed by atoms with Gasteiger partial charge >= 0.3 is 0 Å². The summed E-state index contributed by atoms with van der Waals surface area (Å²) in [6.07, 6.45) is 10.2. The Morgan fingerprint density at radius 3 is 2.89 bits per heavy atom. The van der Waals surface area contributed by atoms with E-state index >= 15 is 0 Å². The molecule has 5 nitrogen and oxygen atoms in total. The van der Waals surface area contributed by atoms with E-state index in [0.717, 1.165) is 57.7 Å². The van der Waals surface area contributed by atoms with Crippen LogP contribution in [0.5, 0.6) is 0 Å². The van der Waals surface area contributed by atoms with Crippen LogP contribution in [0.2, 0.25) is 0 Å². The molecule has 4 rings (SSSR count). The van der Waals surface area contributed by atoms with Gasteiger partial charge in [-0.1, -0.05) is 24.3 Å². The van der Waals surface area contributed by atoms with Gasteiger partial charge in [-0.3, -0.25) is 4.99 Å². The van der Waals surface area contributed by atoms with Crippen molar-refractivity contribution in [2.75, 3.05) is 13.1 Å². The summed E-state index contributed by atoms with van der Waals surface area (Å²) in [6, 6.07) is 9.26. The topological polar surface area (TPSA) is 54.2 Å². The van der Waals surface area contributed by atoms with Crippen LogP contribution in [0.1, 0.15) is 48.8 Å². The van der Waals surface area contributed by atoms with Gasteiger partial charge in [-0.25, -0.2) is 4.98 Å². The third kappa shape index (κ3) is 5.27. The Morgan fingerprint density at radius 1 is 1.21 bits per heavy atom.